The molecule has 1 N–H and O–H groups in total. The summed E-state index contributed by atoms with van der Waals surface area (Å²) < 4.78 is 10.4. The van der Waals surface area contributed by atoms with Crippen LogP contribution < -0.4 is 9.47 Å². The molecular weight excluding hydrogens is 270 g/mol. The summed E-state index contributed by atoms with van der Waals surface area (Å²) >= 11 is 0. The van der Waals surface area contributed by atoms with E-state index in [1.54, 1.807) is 14.2 Å². The zero-order chi connectivity index (χ0) is 15.2. The van der Waals surface area contributed by atoms with Crippen LogP contribution in [0.1, 0.15) is 18.4 Å². The van der Waals surface area contributed by atoms with Gasteiger partial charge >= 0.3 is 0 Å². The summed E-state index contributed by atoms with van der Waals surface area (Å²) in [5.41, 5.74) is 0.918. The number of benzene rings is 1. The van der Waals surface area contributed by atoms with Gasteiger partial charge in [0.05, 0.1) is 20.6 Å². The first-order valence-corrected chi connectivity index (χ1v) is 7.27. The van der Waals surface area contributed by atoms with Crippen molar-refractivity contribution in [1.29, 1.82) is 0 Å². The minimum Gasteiger partial charge on any atom is -0.493 e. The number of hydrogen-bond donors (Lipinski definition) is 1. The molecule has 1 amide bonds. The molecule has 0 atom stereocenters. The molecule has 21 heavy (non-hydrogen) atoms. The first-order valence-electron chi connectivity index (χ1n) is 7.27. The van der Waals surface area contributed by atoms with Crippen molar-refractivity contribution < 1.29 is 19.4 Å². The third-order valence-electron chi connectivity index (χ3n) is 4.03. The standard InChI is InChI=1S/C16H23NO4/c1-20-14-4-3-13(9-15(14)21-2)10-16(19)17-7-5-12(11-18)6-8-17/h3-4,9,12,18H,5-8,10-11H2,1-2H3. The number of nitrogens with zero attached hydrogens (tertiary/aromatic N) is 1. The minimum atomic E-state index is 0.124. The number of likely N-dealkylation sites (tertiary alicyclic amines) is 1. The summed E-state index contributed by atoms with van der Waals surface area (Å²) in [7, 11) is 3.18. The smallest absolute Gasteiger partial charge is 0.226 e. The third-order valence-corrected chi connectivity index (χ3v) is 4.03. The molecule has 5 heteroatoms. The van der Waals surface area contributed by atoms with E-state index in [1.165, 1.54) is 0 Å². The maximum atomic E-state index is 12.3. The average Bonchev–Trinajstić information content (AvgIpc) is 2.54. The second-order valence-electron chi connectivity index (χ2n) is 5.37. The van der Waals surface area contributed by atoms with Gasteiger partial charge in [0, 0.05) is 19.7 Å². The van der Waals surface area contributed by atoms with Crippen LogP contribution in [0.2, 0.25) is 0 Å². The van der Waals surface area contributed by atoms with E-state index in [0.29, 0.717) is 23.8 Å². The number of aliphatic hydroxyl groups is 1. The van der Waals surface area contributed by atoms with Gasteiger partial charge in [-0.15, -0.1) is 0 Å². The first-order chi connectivity index (χ1) is 10.2. The lowest BCUT2D eigenvalue weighted by Crippen LogP contribution is -2.40. The largest absolute Gasteiger partial charge is 0.493 e. The van der Waals surface area contributed by atoms with Crippen LogP contribution in [0, 0.1) is 5.92 Å². The van der Waals surface area contributed by atoms with Gasteiger partial charge in [-0.1, -0.05) is 6.07 Å². The van der Waals surface area contributed by atoms with E-state index in [9.17, 15) is 4.79 Å². The number of rotatable bonds is 5. The van der Waals surface area contributed by atoms with E-state index < -0.39 is 0 Å². The molecule has 0 bridgehead atoms. The Morgan fingerprint density at radius 1 is 1.24 bits per heavy atom. The Morgan fingerprint density at radius 3 is 2.48 bits per heavy atom. The lowest BCUT2D eigenvalue weighted by molar-refractivity contribution is -0.132. The lowest BCUT2D eigenvalue weighted by atomic mass is 9.97. The summed E-state index contributed by atoms with van der Waals surface area (Å²) in [4.78, 5) is 14.2. The number of hydrogen-bond acceptors (Lipinski definition) is 4. The number of piperidine rings is 1. The normalized spacial score (nSPS) is 15.9. The fourth-order valence-electron chi connectivity index (χ4n) is 2.64. The molecule has 0 radical (unpaired) electrons. The molecule has 1 aliphatic rings. The van der Waals surface area contributed by atoms with Crippen molar-refractivity contribution in [2.45, 2.75) is 19.3 Å². The lowest BCUT2D eigenvalue weighted by Gasteiger charge is -2.31. The third kappa shape index (κ3) is 3.88. The van der Waals surface area contributed by atoms with Crippen LogP contribution in [0.15, 0.2) is 18.2 Å². The molecule has 1 saturated heterocycles. The van der Waals surface area contributed by atoms with Gasteiger partial charge in [0.2, 0.25) is 5.91 Å². The molecule has 1 heterocycles. The molecule has 1 aliphatic heterocycles. The Morgan fingerprint density at radius 2 is 1.90 bits per heavy atom. The molecule has 0 unspecified atom stereocenters. The highest BCUT2D eigenvalue weighted by atomic mass is 16.5. The molecule has 0 aliphatic carbocycles. The maximum Gasteiger partial charge on any atom is 0.226 e. The number of amides is 1. The number of methoxy groups -OCH3 is 2. The van der Waals surface area contributed by atoms with Crippen LogP contribution in [0.3, 0.4) is 0 Å². The van der Waals surface area contributed by atoms with Gasteiger partial charge in [0.1, 0.15) is 0 Å². The van der Waals surface area contributed by atoms with Gasteiger partial charge in [0.15, 0.2) is 11.5 Å². The number of carbonyl (C=O) groups is 1. The number of ether oxygens (including phenoxy) is 2. The van der Waals surface area contributed by atoms with Gasteiger partial charge in [-0.25, -0.2) is 0 Å². The zero-order valence-electron chi connectivity index (χ0n) is 12.7. The summed E-state index contributed by atoms with van der Waals surface area (Å²) in [6.07, 6.45) is 2.13. The average molecular weight is 293 g/mol. The van der Waals surface area contributed by atoms with E-state index in [4.69, 9.17) is 14.6 Å². The molecule has 116 valence electrons. The predicted octanol–water partition coefficient (Wildman–Crippen LogP) is 1.48. The molecule has 5 nitrogen and oxygen atoms in total. The molecule has 0 spiro atoms. The zero-order valence-corrected chi connectivity index (χ0v) is 12.7. The number of aliphatic hydroxyl groups excluding tert-OH is 1. The molecular formula is C16H23NO4. The molecule has 1 aromatic rings. The van der Waals surface area contributed by atoms with Crippen LogP contribution in [-0.2, 0) is 11.2 Å². The highest BCUT2D eigenvalue weighted by Gasteiger charge is 2.22. The fraction of sp³-hybridized carbons (Fsp3) is 0.562. The van der Waals surface area contributed by atoms with Gasteiger partial charge < -0.3 is 19.5 Å². The van der Waals surface area contributed by atoms with Crippen molar-refractivity contribution >= 4 is 5.91 Å². The molecule has 1 aromatic carbocycles. The fourth-order valence-corrected chi connectivity index (χ4v) is 2.64. The van der Waals surface area contributed by atoms with E-state index in [0.717, 1.165) is 31.5 Å². The molecule has 0 aromatic heterocycles. The van der Waals surface area contributed by atoms with Crippen molar-refractivity contribution in [1.82, 2.24) is 4.90 Å². The number of carbonyl (C=O) groups excluding carboxylic acids is 1. The minimum absolute atomic E-state index is 0.124. The van der Waals surface area contributed by atoms with Crippen molar-refractivity contribution in [3.8, 4) is 11.5 Å². The summed E-state index contributed by atoms with van der Waals surface area (Å²) in [6, 6.07) is 5.55. The highest BCUT2D eigenvalue weighted by molar-refractivity contribution is 5.79. The second-order valence-corrected chi connectivity index (χ2v) is 5.37. The molecule has 2 rings (SSSR count). The Hall–Kier alpha value is -1.75. The van der Waals surface area contributed by atoms with Gasteiger partial charge in [-0.3, -0.25) is 4.79 Å². The first kappa shape index (κ1) is 15.6. The van der Waals surface area contributed by atoms with E-state index in [1.807, 2.05) is 23.1 Å². The van der Waals surface area contributed by atoms with Gasteiger partial charge in [-0.2, -0.15) is 0 Å². The van der Waals surface area contributed by atoms with Crippen LogP contribution >= 0.6 is 0 Å². The maximum absolute atomic E-state index is 12.3. The van der Waals surface area contributed by atoms with E-state index in [2.05, 4.69) is 0 Å². The van der Waals surface area contributed by atoms with Crippen LogP contribution in [-0.4, -0.2) is 49.8 Å². The Balaban J connectivity index is 1.96. The SMILES string of the molecule is COc1ccc(CC(=O)N2CCC(CO)CC2)cc1OC. The van der Waals surface area contributed by atoms with Gasteiger partial charge in [-0.05, 0) is 36.5 Å². The Kier molecular flexibility index (Phi) is 5.44. The second kappa shape index (κ2) is 7.31. The predicted molar refractivity (Wildman–Crippen MR) is 79.6 cm³/mol. The highest BCUT2D eigenvalue weighted by Crippen LogP contribution is 2.28. The Bertz CT molecular complexity index is 481. The van der Waals surface area contributed by atoms with Crippen LogP contribution in [0.25, 0.3) is 0 Å². The van der Waals surface area contributed by atoms with Crippen LogP contribution in [0.5, 0.6) is 11.5 Å². The topological polar surface area (TPSA) is 59.0 Å². The summed E-state index contributed by atoms with van der Waals surface area (Å²) in [6.45, 7) is 1.69. The molecule has 1 fully saturated rings. The van der Waals surface area contributed by atoms with Crippen molar-refractivity contribution in [3.05, 3.63) is 23.8 Å². The summed E-state index contributed by atoms with van der Waals surface area (Å²) in [5.74, 6) is 1.77. The van der Waals surface area contributed by atoms with E-state index in [-0.39, 0.29) is 12.5 Å². The van der Waals surface area contributed by atoms with Crippen molar-refractivity contribution in [2.75, 3.05) is 33.9 Å². The monoisotopic (exact) mass is 293 g/mol. The van der Waals surface area contributed by atoms with Crippen molar-refractivity contribution in [3.63, 3.8) is 0 Å². The molecule has 0 saturated carbocycles. The van der Waals surface area contributed by atoms with Gasteiger partial charge in [0.25, 0.3) is 0 Å². The van der Waals surface area contributed by atoms with Crippen molar-refractivity contribution in [2.24, 2.45) is 5.92 Å². The van der Waals surface area contributed by atoms with Crippen LogP contribution in [0.4, 0.5) is 0 Å². The summed E-state index contributed by atoms with van der Waals surface area (Å²) in [5, 5.41) is 9.13. The van der Waals surface area contributed by atoms with E-state index >= 15 is 0 Å². The quantitative estimate of drug-likeness (QED) is 0.893. The Labute approximate surface area is 125 Å².